The smallest absolute Gasteiger partial charge is 0.219 e. The van der Waals surface area contributed by atoms with Crippen LogP contribution < -0.4 is 10.1 Å². The van der Waals surface area contributed by atoms with Gasteiger partial charge in [-0.2, -0.15) is 0 Å². The van der Waals surface area contributed by atoms with Gasteiger partial charge in [-0.3, -0.25) is 4.79 Å². The van der Waals surface area contributed by atoms with Crippen molar-refractivity contribution in [1.82, 2.24) is 5.32 Å². The highest BCUT2D eigenvalue weighted by molar-refractivity contribution is 5.98. The molecule has 0 aromatic heterocycles. The van der Waals surface area contributed by atoms with E-state index in [1.54, 1.807) is 14.0 Å². The number of nitrogens with one attached hydrogen (secondary N) is 1. The SMILES string of the molecule is CNC(=O)CCCOc1ccc(C(C)=NO)cc1. The van der Waals surface area contributed by atoms with Crippen molar-refractivity contribution in [2.75, 3.05) is 13.7 Å². The minimum Gasteiger partial charge on any atom is -0.494 e. The molecule has 2 N–H and O–H groups in total. The molecule has 98 valence electrons. The number of oxime groups is 1. The zero-order chi connectivity index (χ0) is 13.4. The predicted octanol–water partition coefficient (Wildman–Crippen LogP) is 1.79. The summed E-state index contributed by atoms with van der Waals surface area (Å²) in [5, 5.41) is 14.3. The van der Waals surface area contributed by atoms with Crippen LogP contribution in [-0.4, -0.2) is 30.5 Å². The predicted molar refractivity (Wildman–Crippen MR) is 69.2 cm³/mol. The summed E-state index contributed by atoms with van der Waals surface area (Å²) in [6, 6.07) is 7.26. The Morgan fingerprint density at radius 1 is 1.39 bits per heavy atom. The zero-order valence-electron chi connectivity index (χ0n) is 10.6. The molecule has 0 aliphatic rings. The first kappa shape index (κ1) is 14.0. The van der Waals surface area contributed by atoms with Gasteiger partial charge in [-0.15, -0.1) is 0 Å². The molecule has 1 rings (SSSR count). The van der Waals surface area contributed by atoms with Gasteiger partial charge in [0.2, 0.25) is 5.91 Å². The first-order valence-electron chi connectivity index (χ1n) is 5.80. The van der Waals surface area contributed by atoms with Gasteiger partial charge >= 0.3 is 0 Å². The molecule has 5 nitrogen and oxygen atoms in total. The van der Waals surface area contributed by atoms with Crippen LogP contribution in [0.2, 0.25) is 0 Å². The van der Waals surface area contributed by atoms with E-state index >= 15 is 0 Å². The number of nitrogens with zero attached hydrogens (tertiary/aromatic N) is 1. The van der Waals surface area contributed by atoms with Crippen LogP contribution in [0.15, 0.2) is 29.4 Å². The van der Waals surface area contributed by atoms with E-state index < -0.39 is 0 Å². The number of hydrogen-bond acceptors (Lipinski definition) is 4. The van der Waals surface area contributed by atoms with E-state index in [4.69, 9.17) is 9.94 Å². The minimum absolute atomic E-state index is 0.0173. The van der Waals surface area contributed by atoms with Crippen LogP contribution in [0.3, 0.4) is 0 Å². The Morgan fingerprint density at radius 2 is 2.06 bits per heavy atom. The van der Waals surface area contributed by atoms with Crippen LogP contribution in [0.25, 0.3) is 0 Å². The van der Waals surface area contributed by atoms with Crippen molar-refractivity contribution in [1.29, 1.82) is 0 Å². The maximum atomic E-state index is 11.0. The lowest BCUT2D eigenvalue weighted by Gasteiger charge is -2.06. The molecule has 0 unspecified atom stereocenters. The minimum atomic E-state index is 0.0173. The standard InChI is InChI=1S/C13H18N2O3/c1-10(15-17)11-5-7-12(8-6-11)18-9-3-4-13(16)14-2/h5-8,17H,3-4,9H2,1-2H3,(H,14,16). The van der Waals surface area contributed by atoms with Crippen molar-refractivity contribution in [2.45, 2.75) is 19.8 Å². The second-order valence-corrected chi connectivity index (χ2v) is 3.83. The molecule has 0 atom stereocenters. The van der Waals surface area contributed by atoms with Gasteiger partial charge in [-0.25, -0.2) is 0 Å². The van der Waals surface area contributed by atoms with Gasteiger partial charge in [-0.1, -0.05) is 5.16 Å². The zero-order valence-corrected chi connectivity index (χ0v) is 10.6. The molecule has 0 fully saturated rings. The molecule has 5 heteroatoms. The molecule has 1 aromatic carbocycles. The summed E-state index contributed by atoms with van der Waals surface area (Å²) in [4.78, 5) is 11.0. The first-order valence-corrected chi connectivity index (χ1v) is 5.80. The van der Waals surface area contributed by atoms with Crippen LogP contribution in [0.5, 0.6) is 5.75 Å². The van der Waals surface area contributed by atoms with Crippen molar-refractivity contribution < 1.29 is 14.7 Å². The average molecular weight is 250 g/mol. The highest BCUT2D eigenvalue weighted by Gasteiger charge is 2.00. The van der Waals surface area contributed by atoms with Gasteiger partial charge in [-0.05, 0) is 43.2 Å². The number of hydrogen-bond donors (Lipinski definition) is 2. The third-order valence-electron chi connectivity index (χ3n) is 2.52. The monoisotopic (exact) mass is 250 g/mol. The third kappa shape index (κ3) is 4.45. The highest BCUT2D eigenvalue weighted by atomic mass is 16.5. The van der Waals surface area contributed by atoms with Crippen molar-refractivity contribution >= 4 is 11.6 Å². The molecule has 18 heavy (non-hydrogen) atoms. The fraction of sp³-hybridized carbons (Fsp3) is 0.385. The molecule has 0 bridgehead atoms. The summed E-state index contributed by atoms with van der Waals surface area (Å²) in [5.74, 6) is 0.755. The van der Waals surface area contributed by atoms with Gasteiger partial charge in [0.1, 0.15) is 5.75 Å². The van der Waals surface area contributed by atoms with Gasteiger partial charge in [0.15, 0.2) is 0 Å². The lowest BCUT2D eigenvalue weighted by atomic mass is 10.1. The summed E-state index contributed by atoms with van der Waals surface area (Å²) in [6.07, 6.45) is 1.14. The Labute approximate surface area is 106 Å². The van der Waals surface area contributed by atoms with Gasteiger partial charge in [0.25, 0.3) is 0 Å². The molecule has 1 amide bonds. The van der Waals surface area contributed by atoms with E-state index in [-0.39, 0.29) is 5.91 Å². The maximum Gasteiger partial charge on any atom is 0.219 e. The molecule has 0 aliphatic carbocycles. The molecular formula is C13H18N2O3. The maximum absolute atomic E-state index is 11.0. The second-order valence-electron chi connectivity index (χ2n) is 3.83. The number of carbonyl (C=O) groups is 1. The van der Waals surface area contributed by atoms with E-state index in [0.29, 0.717) is 25.2 Å². The van der Waals surface area contributed by atoms with Crippen molar-refractivity contribution in [2.24, 2.45) is 5.16 Å². The topological polar surface area (TPSA) is 70.9 Å². The van der Waals surface area contributed by atoms with Crippen molar-refractivity contribution in [3.05, 3.63) is 29.8 Å². The Morgan fingerprint density at radius 3 is 2.61 bits per heavy atom. The van der Waals surface area contributed by atoms with E-state index in [9.17, 15) is 4.79 Å². The molecule has 0 aliphatic heterocycles. The molecule has 0 radical (unpaired) electrons. The van der Waals surface area contributed by atoms with Crippen molar-refractivity contribution in [3.8, 4) is 5.75 Å². The summed E-state index contributed by atoms with van der Waals surface area (Å²) in [7, 11) is 1.62. The van der Waals surface area contributed by atoms with Crippen LogP contribution in [0.1, 0.15) is 25.3 Å². The Kier molecular flexibility index (Phi) is 5.70. The summed E-state index contributed by atoms with van der Waals surface area (Å²) >= 11 is 0. The Balaban J connectivity index is 2.38. The number of benzene rings is 1. The van der Waals surface area contributed by atoms with Gasteiger partial charge < -0.3 is 15.3 Å². The molecular weight excluding hydrogens is 232 g/mol. The fourth-order valence-electron chi connectivity index (χ4n) is 1.40. The number of ether oxygens (including phenoxy) is 1. The highest BCUT2D eigenvalue weighted by Crippen LogP contribution is 2.13. The summed E-state index contributed by atoms with van der Waals surface area (Å²) < 4.78 is 5.49. The van der Waals surface area contributed by atoms with Crippen LogP contribution in [0.4, 0.5) is 0 Å². The van der Waals surface area contributed by atoms with Crippen LogP contribution in [-0.2, 0) is 4.79 Å². The normalized spacial score (nSPS) is 11.1. The Bertz CT molecular complexity index is 413. The molecule has 0 heterocycles. The molecule has 0 saturated carbocycles. The number of rotatable bonds is 6. The Hall–Kier alpha value is -2.04. The van der Waals surface area contributed by atoms with Gasteiger partial charge in [0, 0.05) is 13.5 Å². The van der Waals surface area contributed by atoms with Crippen molar-refractivity contribution in [3.63, 3.8) is 0 Å². The molecule has 1 aromatic rings. The average Bonchev–Trinajstić information content (AvgIpc) is 2.43. The van der Waals surface area contributed by atoms with E-state index in [2.05, 4.69) is 10.5 Å². The molecule has 0 spiro atoms. The number of carbonyl (C=O) groups excluding carboxylic acids is 1. The third-order valence-corrected chi connectivity index (χ3v) is 2.52. The largest absolute Gasteiger partial charge is 0.494 e. The van der Waals surface area contributed by atoms with Crippen LogP contribution in [0, 0.1) is 0 Å². The first-order chi connectivity index (χ1) is 8.67. The van der Waals surface area contributed by atoms with Gasteiger partial charge in [0.05, 0.1) is 12.3 Å². The number of amides is 1. The lowest BCUT2D eigenvalue weighted by Crippen LogP contribution is -2.18. The van der Waals surface area contributed by atoms with E-state index in [1.807, 2.05) is 24.3 Å². The van der Waals surface area contributed by atoms with Crippen LogP contribution >= 0.6 is 0 Å². The fourth-order valence-corrected chi connectivity index (χ4v) is 1.40. The quantitative estimate of drug-likeness (QED) is 0.350. The lowest BCUT2D eigenvalue weighted by molar-refractivity contribution is -0.120. The summed E-state index contributed by atoms with van der Waals surface area (Å²) in [6.45, 7) is 2.22. The van der Waals surface area contributed by atoms with E-state index in [1.165, 1.54) is 0 Å². The second kappa shape index (κ2) is 7.32. The van der Waals surface area contributed by atoms with E-state index in [0.717, 1.165) is 11.3 Å². The molecule has 0 saturated heterocycles. The summed E-state index contributed by atoms with van der Waals surface area (Å²) in [5.41, 5.74) is 1.40.